The summed E-state index contributed by atoms with van der Waals surface area (Å²) in [4.78, 5) is 0.788. The van der Waals surface area contributed by atoms with Gasteiger partial charge in [0.1, 0.15) is 0 Å². The van der Waals surface area contributed by atoms with Crippen LogP contribution in [0.25, 0.3) is 0 Å². The lowest BCUT2D eigenvalue weighted by atomic mass is 10.4. The lowest BCUT2D eigenvalue weighted by Crippen LogP contribution is -1.69. The zero-order chi connectivity index (χ0) is 7.56. The molecule has 0 radical (unpaired) electrons. The zero-order valence-corrected chi connectivity index (χ0v) is 7.86. The van der Waals surface area contributed by atoms with Crippen LogP contribution in [0.15, 0.2) is 23.1 Å². The van der Waals surface area contributed by atoms with E-state index in [-0.39, 0.29) is 0 Å². The van der Waals surface area contributed by atoms with Gasteiger partial charge in [0.05, 0.1) is 5.02 Å². The van der Waals surface area contributed by atoms with Crippen molar-refractivity contribution in [2.24, 2.45) is 0 Å². The first-order valence-electron chi connectivity index (χ1n) is 2.47. The van der Waals surface area contributed by atoms with Gasteiger partial charge in [0.2, 0.25) is 0 Å². The second-order valence-electron chi connectivity index (χ2n) is 1.65. The Balaban J connectivity index is 3.09. The molecule has 0 saturated heterocycles. The van der Waals surface area contributed by atoms with Gasteiger partial charge in [0, 0.05) is 9.92 Å². The smallest absolute Gasteiger partial charge is 0.0555 e. The summed E-state index contributed by atoms with van der Waals surface area (Å²) in [5.74, 6) is 0. The molecule has 0 aliphatic carbocycles. The normalized spacial score (nSPS) is 9.90. The molecule has 0 unspecified atom stereocenters. The first-order valence-corrected chi connectivity index (χ1v) is 4.87. The van der Waals surface area contributed by atoms with Crippen LogP contribution in [0.2, 0.25) is 10.0 Å². The minimum Gasteiger partial charge on any atom is -0.0843 e. The van der Waals surface area contributed by atoms with Crippen LogP contribution in [0.5, 0.6) is 0 Å². The van der Waals surface area contributed by atoms with Crippen molar-refractivity contribution >= 4 is 44.9 Å². The number of hydrogen-bond acceptors (Lipinski definition) is 1. The summed E-state index contributed by atoms with van der Waals surface area (Å²) < 4.78 is 0. The highest BCUT2D eigenvalue weighted by Crippen LogP contribution is 2.31. The van der Waals surface area contributed by atoms with Gasteiger partial charge < -0.3 is 0 Å². The van der Waals surface area contributed by atoms with Crippen molar-refractivity contribution in [3.05, 3.63) is 28.2 Å². The fourth-order valence-corrected chi connectivity index (χ4v) is 1.82. The predicted octanol–water partition coefficient (Wildman–Crippen LogP) is 4.24. The minimum atomic E-state index is 0.629. The summed E-state index contributed by atoms with van der Waals surface area (Å²) in [6.45, 7) is 0. The number of halogens is 3. The third-order valence-electron chi connectivity index (χ3n) is 0.976. The Morgan fingerprint density at radius 3 is 2.40 bits per heavy atom. The largest absolute Gasteiger partial charge is 0.0843 e. The van der Waals surface area contributed by atoms with Crippen LogP contribution in [-0.4, -0.2) is 0 Å². The zero-order valence-electron chi connectivity index (χ0n) is 4.77. The molecule has 0 aromatic heterocycles. The third-order valence-corrected chi connectivity index (χ3v) is 2.66. The average Bonchev–Trinajstić information content (AvgIpc) is 1.94. The molecule has 0 aliphatic rings. The molecule has 0 atom stereocenters. The van der Waals surface area contributed by atoms with Crippen LogP contribution in [0.1, 0.15) is 0 Å². The maximum absolute atomic E-state index is 5.73. The van der Waals surface area contributed by atoms with E-state index in [0.29, 0.717) is 10.0 Å². The van der Waals surface area contributed by atoms with Crippen molar-refractivity contribution in [3.63, 3.8) is 0 Å². The fourth-order valence-electron chi connectivity index (χ4n) is 0.536. The first kappa shape index (κ1) is 8.54. The van der Waals surface area contributed by atoms with Crippen LogP contribution in [0.4, 0.5) is 0 Å². The van der Waals surface area contributed by atoms with E-state index >= 15 is 0 Å². The molecule has 0 bridgehead atoms. The molecule has 0 spiro atoms. The van der Waals surface area contributed by atoms with Crippen molar-refractivity contribution in [1.29, 1.82) is 0 Å². The third kappa shape index (κ3) is 1.96. The monoisotopic (exact) mass is 212 g/mol. The molecular weight excluding hydrogens is 210 g/mol. The molecular formula is C6H3Cl3S. The lowest BCUT2D eigenvalue weighted by molar-refractivity contribution is 1.47. The maximum atomic E-state index is 5.73. The standard InChI is InChI=1S/C6H3Cl3S/c7-4-1-2-5(8)6(3-4)10-9/h1-3H. The summed E-state index contributed by atoms with van der Waals surface area (Å²) >= 11 is 11.4. The van der Waals surface area contributed by atoms with E-state index in [9.17, 15) is 0 Å². The molecule has 1 aromatic rings. The number of hydrogen-bond donors (Lipinski definition) is 0. The van der Waals surface area contributed by atoms with Gasteiger partial charge in [-0.25, -0.2) is 0 Å². The maximum Gasteiger partial charge on any atom is 0.0555 e. The number of benzene rings is 1. The highest BCUT2D eigenvalue weighted by Gasteiger charge is 1.98. The van der Waals surface area contributed by atoms with Gasteiger partial charge in [-0.05, 0) is 39.9 Å². The van der Waals surface area contributed by atoms with Crippen LogP contribution in [0, 0.1) is 0 Å². The Morgan fingerprint density at radius 2 is 1.90 bits per heavy atom. The van der Waals surface area contributed by atoms with E-state index < -0.39 is 0 Å². The molecule has 1 rings (SSSR count). The van der Waals surface area contributed by atoms with Crippen molar-refractivity contribution in [1.82, 2.24) is 0 Å². The van der Waals surface area contributed by atoms with E-state index in [1.165, 1.54) is 0 Å². The van der Waals surface area contributed by atoms with Crippen LogP contribution in [-0.2, 0) is 0 Å². The summed E-state index contributed by atoms with van der Waals surface area (Å²) in [5, 5.41) is 1.27. The first-order chi connectivity index (χ1) is 4.74. The summed E-state index contributed by atoms with van der Waals surface area (Å²) in [6, 6.07) is 5.16. The fraction of sp³-hybridized carbons (Fsp3) is 0. The molecule has 1 aromatic carbocycles. The van der Waals surface area contributed by atoms with Gasteiger partial charge in [-0.3, -0.25) is 0 Å². The van der Waals surface area contributed by atoms with Crippen LogP contribution >= 0.6 is 44.9 Å². The summed E-state index contributed by atoms with van der Waals surface area (Å²) in [6.07, 6.45) is 0. The van der Waals surface area contributed by atoms with E-state index in [4.69, 9.17) is 33.9 Å². The Morgan fingerprint density at radius 1 is 1.20 bits per heavy atom. The molecule has 0 N–H and O–H groups in total. The highest BCUT2D eigenvalue weighted by atomic mass is 35.7. The van der Waals surface area contributed by atoms with Gasteiger partial charge in [-0.1, -0.05) is 23.2 Å². The molecule has 0 amide bonds. The van der Waals surface area contributed by atoms with Crippen molar-refractivity contribution in [3.8, 4) is 0 Å². The molecule has 0 aliphatic heterocycles. The molecule has 10 heavy (non-hydrogen) atoms. The molecule has 0 heterocycles. The van der Waals surface area contributed by atoms with Gasteiger partial charge in [-0.15, -0.1) is 0 Å². The summed E-state index contributed by atoms with van der Waals surface area (Å²) in [7, 11) is 6.54. The van der Waals surface area contributed by atoms with Gasteiger partial charge >= 0.3 is 0 Å². The van der Waals surface area contributed by atoms with Gasteiger partial charge in [-0.2, -0.15) is 0 Å². The second kappa shape index (κ2) is 3.72. The lowest BCUT2D eigenvalue weighted by Gasteiger charge is -1.96. The second-order valence-corrected chi connectivity index (χ2v) is 3.55. The molecule has 4 heteroatoms. The van der Waals surface area contributed by atoms with Gasteiger partial charge in [0.15, 0.2) is 0 Å². The summed E-state index contributed by atoms with van der Waals surface area (Å²) in [5.41, 5.74) is 0. The quantitative estimate of drug-likeness (QED) is 0.672. The average molecular weight is 214 g/mol. The van der Waals surface area contributed by atoms with E-state index in [2.05, 4.69) is 0 Å². The molecule has 0 nitrogen and oxygen atoms in total. The van der Waals surface area contributed by atoms with Gasteiger partial charge in [0.25, 0.3) is 0 Å². The van der Waals surface area contributed by atoms with Crippen LogP contribution in [0.3, 0.4) is 0 Å². The Bertz CT molecular complexity index is 236. The molecule has 54 valence electrons. The van der Waals surface area contributed by atoms with Crippen molar-refractivity contribution in [2.75, 3.05) is 0 Å². The van der Waals surface area contributed by atoms with Crippen LogP contribution < -0.4 is 0 Å². The van der Waals surface area contributed by atoms with Crippen molar-refractivity contribution < 1.29 is 0 Å². The molecule has 0 fully saturated rings. The topological polar surface area (TPSA) is 0 Å². The van der Waals surface area contributed by atoms with Crippen molar-refractivity contribution in [2.45, 2.75) is 4.90 Å². The Hall–Kier alpha value is 0.440. The predicted molar refractivity (Wildman–Crippen MR) is 48.2 cm³/mol. The minimum absolute atomic E-state index is 0.629. The molecule has 0 saturated carbocycles. The highest BCUT2D eigenvalue weighted by molar-refractivity contribution is 8.21. The Labute approximate surface area is 78.0 Å². The van der Waals surface area contributed by atoms with E-state index in [0.717, 1.165) is 15.9 Å². The SMILES string of the molecule is ClSc1cc(Cl)ccc1Cl. The Kier molecular flexibility index (Phi) is 3.18. The van der Waals surface area contributed by atoms with E-state index in [1.807, 2.05) is 0 Å². The number of rotatable bonds is 1. The van der Waals surface area contributed by atoms with E-state index in [1.54, 1.807) is 18.2 Å².